The normalized spacial score (nSPS) is 12.5. The van der Waals surface area contributed by atoms with Gasteiger partial charge in [0.1, 0.15) is 6.04 Å². The molecule has 2 aromatic rings. The zero-order chi connectivity index (χ0) is 25.1. The molecule has 186 valence electrons. The molecule has 6 nitrogen and oxygen atoms in total. The van der Waals surface area contributed by atoms with Gasteiger partial charge in [0.15, 0.2) is 11.5 Å². The van der Waals surface area contributed by atoms with E-state index in [1.165, 1.54) is 0 Å². The van der Waals surface area contributed by atoms with E-state index in [1.807, 2.05) is 64.1 Å². The van der Waals surface area contributed by atoms with Gasteiger partial charge in [-0.2, -0.15) is 0 Å². The van der Waals surface area contributed by atoms with Crippen LogP contribution < -0.4 is 14.8 Å². The molecule has 0 aromatic heterocycles. The number of carbonyl (C=O) groups excluding carboxylic acids is 2. The Morgan fingerprint density at radius 3 is 2.32 bits per heavy atom. The molecule has 0 heterocycles. The van der Waals surface area contributed by atoms with Gasteiger partial charge in [0.25, 0.3) is 0 Å². The molecule has 0 saturated carbocycles. The van der Waals surface area contributed by atoms with Gasteiger partial charge in [-0.25, -0.2) is 0 Å². The second-order valence-electron chi connectivity index (χ2n) is 8.29. The molecular weight excluding hydrogens is 452 g/mol. The quantitative estimate of drug-likeness (QED) is 0.409. The van der Waals surface area contributed by atoms with E-state index in [9.17, 15) is 9.59 Å². The monoisotopic (exact) mass is 488 g/mol. The second kappa shape index (κ2) is 13.9. The Morgan fingerprint density at radius 1 is 0.971 bits per heavy atom. The smallest absolute Gasteiger partial charge is 0.242 e. The van der Waals surface area contributed by atoms with Gasteiger partial charge in [0.05, 0.1) is 13.2 Å². The average molecular weight is 489 g/mol. The number of ether oxygens (including phenoxy) is 2. The maximum atomic E-state index is 13.3. The van der Waals surface area contributed by atoms with Crippen LogP contribution in [-0.2, 0) is 22.6 Å². The topological polar surface area (TPSA) is 67.9 Å². The predicted octanol–water partition coefficient (Wildman–Crippen LogP) is 5.40. The van der Waals surface area contributed by atoms with Crippen LogP contribution in [0.15, 0.2) is 42.5 Å². The minimum Gasteiger partial charge on any atom is -0.490 e. The minimum atomic E-state index is -0.611. The highest BCUT2D eigenvalue weighted by Crippen LogP contribution is 2.29. The molecule has 0 unspecified atom stereocenters. The highest BCUT2D eigenvalue weighted by Gasteiger charge is 2.26. The molecule has 2 atom stereocenters. The summed E-state index contributed by atoms with van der Waals surface area (Å²) in [7, 11) is 0. The molecule has 0 aliphatic heterocycles. The Labute approximate surface area is 208 Å². The van der Waals surface area contributed by atoms with Crippen LogP contribution in [0.2, 0.25) is 5.02 Å². The Hall–Kier alpha value is -2.73. The van der Waals surface area contributed by atoms with E-state index in [-0.39, 0.29) is 24.3 Å². The Bertz CT molecular complexity index is 950. The number of carbonyl (C=O) groups is 2. The van der Waals surface area contributed by atoms with Crippen molar-refractivity contribution in [2.75, 3.05) is 13.2 Å². The first-order valence-corrected chi connectivity index (χ1v) is 12.4. The third kappa shape index (κ3) is 8.24. The number of rotatable bonds is 13. The summed E-state index contributed by atoms with van der Waals surface area (Å²) in [6.45, 7) is 11.0. The van der Waals surface area contributed by atoms with Crippen LogP contribution >= 0.6 is 11.6 Å². The van der Waals surface area contributed by atoms with Crippen molar-refractivity contribution >= 4 is 23.4 Å². The molecule has 7 heteroatoms. The number of amides is 2. The maximum absolute atomic E-state index is 13.3. The van der Waals surface area contributed by atoms with E-state index in [1.54, 1.807) is 17.9 Å². The summed E-state index contributed by atoms with van der Waals surface area (Å²) in [4.78, 5) is 27.8. The number of halogens is 1. The van der Waals surface area contributed by atoms with Crippen molar-refractivity contribution in [3.8, 4) is 11.5 Å². The zero-order valence-electron chi connectivity index (χ0n) is 20.9. The predicted molar refractivity (Wildman–Crippen MR) is 136 cm³/mol. The van der Waals surface area contributed by atoms with Gasteiger partial charge in [-0.05, 0) is 75.9 Å². The fraction of sp³-hybridized carbons (Fsp3) is 0.481. The highest BCUT2D eigenvalue weighted by molar-refractivity contribution is 6.30. The lowest BCUT2D eigenvalue weighted by molar-refractivity contribution is -0.140. The van der Waals surface area contributed by atoms with Crippen LogP contribution in [0.3, 0.4) is 0 Å². The Morgan fingerprint density at radius 2 is 1.68 bits per heavy atom. The molecule has 0 spiro atoms. The molecule has 2 aromatic carbocycles. The number of hydrogen-bond acceptors (Lipinski definition) is 4. The summed E-state index contributed by atoms with van der Waals surface area (Å²) in [5, 5.41) is 3.58. The van der Waals surface area contributed by atoms with Crippen LogP contribution in [0.1, 0.15) is 58.6 Å². The van der Waals surface area contributed by atoms with Crippen molar-refractivity contribution in [2.45, 2.75) is 72.5 Å². The van der Waals surface area contributed by atoms with Crippen molar-refractivity contribution in [3.05, 3.63) is 58.6 Å². The number of aryl methyl sites for hydroxylation is 1. The Kier molecular flexibility index (Phi) is 11.2. The molecule has 0 aliphatic rings. The lowest BCUT2D eigenvalue weighted by Crippen LogP contribution is -2.49. The van der Waals surface area contributed by atoms with Gasteiger partial charge in [-0.15, -0.1) is 0 Å². The van der Waals surface area contributed by atoms with E-state index < -0.39 is 6.04 Å². The summed E-state index contributed by atoms with van der Waals surface area (Å²) >= 11 is 6.15. The van der Waals surface area contributed by atoms with Crippen LogP contribution in [0.5, 0.6) is 11.5 Å². The third-order valence-corrected chi connectivity index (χ3v) is 5.88. The van der Waals surface area contributed by atoms with Gasteiger partial charge in [-0.1, -0.05) is 36.7 Å². The van der Waals surface area contributed by atoms with Crippen molar-refractivity contribution in [1.82, 2.24) is 10.2 Å². The lowest BCUT2D eigenvalue weighted by atomic mass is 10.1. The van der Waals surface area contributed by atoms with Crippen molar-refractivity contribution in [2.24, 2.45) is 0 Å². The van der Waals surface area contributed by atoms with E-state index in [4.69, 9.17) is 21.1 Å². The molecule has 0 saturated heterocycles. The van der Waals surface area contributed by atoms with Crippen molar-refractivity contribution in [3.63, 3.8) is 0 Å². The summed E-state index contributed by atoms with van der Waals surface area (Å²) in [5.41, 5.74) is 1.85. The van der Waals surface area contributed by atoms with Gasteiger partial charge in [0.2, 0.25) is 11.8 Å². The number of hydrogen-bond donors (Lipinski definition) is 1. The maximum Gasteiger partial charge on any atom is 0.242 e. The van der Waals surface area contributed by atoms with Crippen LogP contribution in [0.25, 0.3) is 0 Å². The summed E-state index contributed by atoms with van der Waals surface area (Å²) in [5.74, 6) is 1.10. The van der Waals surface area contributed by atoms with E-state index in [0.717, 1.165) is 17.5 Å². The van der Waals surface area contributed by atoms with Crippen LogP contribution in [-0.4, -0.2) is 42.0 Å². The SMILES string of the molecule is CCOc1ccc(CCC(=O)N(Cc2cccc(Cl)c2)[C@H](C)C(=O)N[C@@H](C)CC)cc1OCC. The summed E-state index contributed by atoms with van der Waals surface area (Å²) in [6, 6.07) is 12.5. The lowest BCUT2D eigenvalue weighted by Gasteiger charge is -2.30. The second-order valence-corrected chi connectivity index (χ2v) is 8.73. The molecule has 2 amide bonds. The van der Waals surface area contributed by atoms with Crippen LogP contribution in [0, 0.1) is 0 Å². The number of nitrogens with one attached hydrogen (secondary N) is 1. The molecule has 0 aliphatic carbocycles. The standard InChI is InChI=1S/C27H37ClN2O4/c1-6-19(4)29-27(32)20(5)30(18-22-10-9-11-23(28)16-22)26(31)15-13-21-12-14-24(33-7-2)25(17-21)34-8-3/h9-12,14,16-17,19-20H,6-8,13,15,18H2,1-5H3,(H,29,32)/t19-,20+/m0/s1. The van der Waals surface area contributed by atoms with Gasteiger partial charge in [0, 0.05) is 24.0 Å². The Balaban J connectivity index is 2.18. The fourth-order valence-corrected chi connectivity index (χ4v) is 3.74. The molecule has 1 N–H and O–H groups in total. The van der Waals surface area contributed by atoms with Gasteiger partial charge >= 0.3 is 0 Å². The summed E-state index contributed by atoms with van der Waals surface area (Å²) in [6.07, 6.45) is 1.61. The van der Waals surface area contributed by atoms with Crippen molar-refractivity contribution in [1.29, 1.82) is 0 Å². The molecule has 0 bridgehead atoms. The highest BCUT2D eigenvalue weighted by atomic mass is 35.5. The van der Waals surface area contributed by atoms with E-state index >= 15 is 0 Å². The first-order valence-electron chi connectivity index (χ1n) is 12.0. The third-order valence-electron chi connectivity index (χ3n) is 5.65. The van der Waals surface area contributed by atoms with Gasteiger partial charge in [-0.3, -0.25) is 9.59 Å². The minimum absolute atomic E-state index is 0.0407. The average Bonchev–Trinajstić information content (AvgIpc) is 2.82. The van der Waals surface area contributed by atoms with Gasteiger partial charge < -0.3 is 19.7 Å². The zero-order valence-corrected chi connectivity index (χ0v) is 21.7. The molecule has 34 heavy (non-hydrogen) atoms. The van der Waals surface area contributed by atoms with Crippen molar-refractivity contribution < 1.29 is 19.1 Å². The first-order chi connectivity index (χ1) is 16.3. The fourth-order valence-electron chi connectivity index (χ4n) is 3.53. The van der Waals surface area contributed by atoms with E-state index in [0.29, 0.717) is 42.7 Å². The molecular formula is C27H37ClN2O4. The van der Waals surface area contributed by atoms with E-state index in [2.05, 4.69) is 5.32 Å². The largest absolute Gasteiger partial charge is 0.490 e. The molecule has 2 rings (SSSR count). The summed E-state index contributed by atoms with van der Waals surface area (Å²) < 4.78 is 11.3. The number of nitrogens with zero attached hydrogens (tertiary/aromatic N) is 1. The number of benzene rings is 2. The van der Waals surface area contributed by atoms with Crippen LogP contribution in [0.4, 0.5) is 0 Å². The first kappa shape index (κ1) is 27.5. The molecule has 0 radical (unpaired) electrons. The molecule has 0 fully saturated rings.